The number of carbonyl (C=O) groups excluding carboxylic acids is 1. The van der Waals surface area contributed by atoms with Crippen LogP contribution in [0.1, 0.15) is 6.92 Å². The summed E-state index contributed by atoms with van der Waals surface area (Å²) in [5, 5.41) is 11.0. The second-order valence-electron chi connectivity index (χ2n) is 3.83. The van der Waals surface area contributed by atoms with Gasteiger partial charge in [0.2, 0.25) is 0 Å². The lowest BCUT2D eigenvalue weighted by Gasteiger charge is -2.07. The number of carbonyl (C=O) groups is 1. The number of aromatic hydroxyl groups is 1. The minimum atomic E-state index is -0.453. The Morgan fingerprint density at radius 1 is 1.29 bits per heavy atom. The minimum Gasteiger partial charge on any atom is -0.508 e. The van der Waals surface area contributed by atoms with Gasteiger partial charge >= 0.3 is 5.97 Å². The number of phenolic OH excluding ortho intramolecular Hbond substituents is 1. The molecule has 0 aliphatic carbocycles. The zero-order chi connectivity index (χ0) is 12.4. The molecule has 2 rings (SSSR count). The van der Waals surface area contributed by atoms with Crippen LogP contribution in [-0.4, -0.2) is 11.1 Å². The van der Waals surface area contributed by atoms with Gasteiger partial charge in [-0.25, -0.2) is 4.79 Å². The maximum absolute atomic E-state index is 11.5. The van der Waals surface area contributed by atoms with Crippen molar-refractivity contribution in [2.75, 3.05) is 0 Å². The third-order valence-electron chi connectivity index (χ3n) is 2.38. The lowest BCUT2D eigenvalue weighted by atomic mass is 10.1. The highest BCUT2D eigenvalue weighted by molar-refractivity contribution is 5.94. The van der Waals surface area contributed by atoms with Crippen molar-refractivity contribution in [3.05, 3.63) is 48.6 Å². The van der Waals surface area contributed by atoms with E-state index in [2.05, 4.69) is 6.58 Å². The van der Waals surface area contributed by atoms with E-state index in [-0.39, 0.29) is 5.75 Å². The molecule has 0 atom stereocenters. The van der Waals surface area contributed by atoms with Gasteiger partial charge in [-0.1, -0.05) is 18.7 Å². The summed E-state index contributed by atoms with van der Waals surface area (Å²) in [6.45, 7) is 5.13. The van der Waals surface area contributed by atoms with Gasteiger partial charge in [0.15, 0.2) is 0 Å². The number of hydrogen-bond donors (Lipinski definition) is 1. The lowest BCUT2D eigenvalue weighted by Crippen LogP contribution is -2.08. The average molecular weight is 228 g/mol. The van der Waals surface area contributed by atoms with Crippen LogP contribution in [0.15, 0.2) is 48.6 Å². The number of fused-ring (bicyclic) bond motifs is 1. The first-order chi connectivity index (χ1) is 8.08. The standard InChI is InChI=1S/C14H12O3/c1-9(2)14(16)17-13-5-3-4-10-8-11(15)6-7-12(10)13/h3-8,15H,1H2,2H3. The molecule has 17 heavy (non-hydrogen) atoms. The Morgan fingerprint density at radius 3 is 2.76 bits per heavy atom. The van der Waals surface area contributed by atoms with Crippen molar-refractivity contribution in [1.29, 1.82) is 0 Å². The topological polar surface area (TPSA) is 46.5 Å². The molecule has 0 bridgehead atoms. The highest BCUT2D eigenvalue weighted by Gasteiger charge is 2.08. The second-order valence-corrected chi connectivity index (χ2v) is 3.83. The maximum Gasteiger partial charge on any atom is 0.338 e. The molecule has 2 aromatic rings. The van der Waals surface area contributed by atoms with Crippen LogP contribution in [0.4, 0.5) is 0 Å². The van der Waals surface area contributed by atoms with Crippen LogP contribution in [0.2, 0.25) is 0 Å². The third-order valence-corrected chi connectivity index (χ3v) is 2.38. The molecule has 2 aromatic carbocycles. The minimum absolute atomic E-state index is 0.181. The molecule has 0 aromatic heterocycles. The maximum atomic E-state index is 11.5. The molecule has 86 valence electrons. The Kier molecular flexibility index (Phi) is 2.83. The summed E-state index contributed by atoms with van der Waals surface area (Å²) in [6, 6.07) is 10.2. The molecule has 3 nitrogen and oxygen atoms in total. The van der Waals surface area contributed by atoms with Gasteiger partial charge in [0.05, 0.1) is 0 Å². The van der Waals surface area contributed by atoms with Crippen molar-refractivity contribution < 1.29 is 14.6 Å². The summed E-state index contributed by atoms with van der Waals surface area (Å²) in [5.74, 6) is 0.196. The number of benzene rings is 2. The molecule has 0 saturated heterocycles. The van der Waals surface area contributed by atoms with Crippen LogP contribution in [0.5, 0.6) is 11.5 Å². The largest absolute Gasteiger partial charge is 0.508 e. The van der Waals surface area contributed by atoms with Crippen LogP contribution in [0.3, 0.4) is 0 Å². The molecule has 0 aliphatic rings. The number of rotatable bonds is 2. The van der Waals surface area contributed by atoms with Gasteiger partial charge in [0.1, 0.15) is 11.5 Å². The van der Waals surface area contributed by atoms with Gasteiger partial charge in [-0.2, -0.15) is 0 Å². The molecule has 1 N–H and O–H groups in total. The summed E-state index contributed by atoms with van der Waals surface area (Å²) in [4.78, 5) is 11.5. The smallest absolute Gasteiger partial charge is 0.338 e. The van der Waals surface area contributed by atoms with E-state index in [1.165, 1.54) is 0 Å². The highest BCUT2D eigenvalue weighted by atomic mass is 16.5. The van der Waals surface area contributed by atoms with Crippen LogP contribution in [0, 0.1) is 0 Å². The van der Waals surface area contributed by atoms with Crippen molar-refractivity contribution in [1.82, 2.24) is 0 Å². The third kappa shape index (κ3) is 2.28. The SMILES string of the molecule is C=C(C)C(=O)Oc1cccc2cc(O)ccc12. The molecular formula is C14H12O3. The summed E-state index contributed by atoms with van der Waals surface area (Å²) in [5.41, 5.74) is 0.348. The molecule has 0 unspecified atom stereocenters. The predicted molar refractivity (Wildman–Crippen MR) is 66.1 cm³/mol. The van der Waals surface area contributed by atoms with Crippen LogP contribution in [-0.2, 0) is 4.79 Å². The van der Waals surface area contributed by atoms with Crippen molar-refractivity contribution in [2.45, 2.75) is 6.92 Å². The molecule has 0 amide bonds. The van der Waals surface area contributed by atoms with E-state index in [0.717, 1.165) is 10.8 Å². The first-order valence-electron chi connectivity index (χ1n) is 5.17. The van der Waals surface area contributed by atoms with E-state index in [1.807, 2.05) is 6.07 Å². The van der Waals surface area contributed by atoms with Crippen LogP contribution in [0.25, 0.3) is 10.8 Å². The Labute approximate surface area is 99.0 Å². The number of ether oxygens (including phenoxy) is 1. The average Bonchev–Trinajstić information content (AvgIpc) is 2.28. The number of esters is 1. The summed E-state index contributed by atoms with van der Waals surface area (Å²) in [7, 11) is 0. The monoisotopic (exact) mass is 228 g/mol. The van der Waals surface area contributed by atoms with E-state index in [0.29, 0.717) is 11.3 Å². The normalized spacial score (nSPS) is 10.2. The van der Waals surface area contributed by atoms with E-state index in [4.69, 9.17) is 4.74 Å². The van der Waals surface area contributed by atoms with E-state index >= 15 is 0 Å². The zero-order valence-electron chi connectivity index (χ0n) is 9.43. The van der Waals surface area contributed by atoms with E-state index in [9.17, 15) is 9.90 Å². The van der Waals surface area contributed by atoms with E-state index in [1.54, 1.807) is 37.3 Å². The van der Waals surface area contributed by atoms with Crippen molar-refractivity contribution in [3.8, 4) is 11.5 Å². The summed E-state index contributed by atoms with van der Waals surface area (Å²) in [6.07, 6.45) is 0. The fraction of sp³-hybridized carbons (Fsp3) is 0.0714. The Morgan fingerprint density at radius 2 is 2.06 bits per heavy atom. The highest BCUT2D eigenvalue weighted by Crippen LogP contribution is 2.28. The number of hydrogen-bond acceptors (Lipinski definition) is 3. The van der Waals surface area contributed by atoms with Crippen molar-refractivity contribution in [3.63, 3.8) is 0 Å². The van der Waals surface area contributed by atoms with Crippen molar-refractivity contribution >= 4 is 16.7 Å². The first-order valence-corrected chi connectivity index (χ1v) is 5.17. The van der Waals surface area contributed by atoms with Crippen LogP contribution >= 0.6 is 0 Å². The quantitative estimate of drug-likeness (QED) is 0.488. The molecule has 0 heterocycles. The van der Waals surface area contributed by atoms with Crippen molar-refractivity contribution in [2.24, 2.45) is 0 Å². The van der Waals surface area contributed by atoms with Gasteiger partial charge < -0.3 is 9.84 Å². The summed E-state index contributed by atoms with van der Waals surface area (Å²) < 4.78 is 5.21. The zero-order valence-corrected chi connectivity index (χ0v) is 9.43. The molecular weight excluding hydrogens is 216 g/mol. The molecule has 0 radical (unpaired) electrons. The molecule has 0 saturated carbocycles. The predicted octanol–water partition coefficient (Wildman–Crippen LogP) is 3.03. The fourth-order valence-electron chi connectivity index (χ4n) is 1.52. The Bertz CT molecular complexity index is 599. The van der Waals surface area contributed by atoms with Gasteiger partial charge in [-0.15, -0.1) is 0 Å². The number of phenols is 1. The molecule has 0 spiro atoms. The summed E-state index contributed by atoms with van der Waals surface area (Å²) >= 11 is 0. The first kappa shape index (κ1) is 11.2. The lowest BCUT2D eigenvalue weighted by molar-refractivity contribution is -0.129. The molecule has 0 aliphatic heterocycles. The van der Waals surface area contributed by atoms with Gasteiger partial charge in [-0.3, -0.25) is 0 Å². The Hall–Kier alpha value is -2.29. The molecule has 0 fully saturated rings. The van der Waals surface area contributed by atoms with Crippen LogP contribution < -0.4 is 4.74 Å². The Balaban J connectivity index is 2.48. The van der Waals surface area contributed by atoms with Gasteiger partial charge in [-0.05, 0) is 36.6 Å². The fourth-order valence-corrected chi connectivity index (χ4v) is 1.52. The van der Waals surface area contributed by atoms with Gasteiger partial charge in [0.25, 0.3) is 0 Å². The molecule has 3 heteroatoms. The second kappa shape index (κ2) is 4.29. The van der Waals surface area contributed by atoms with E-state index < -0.39 is 5.97 Å². The van der Waals surface area contributed by atoms with Gasteiger partial charge in [0, 0.05) is 11.0 Å².